The van der Waals surface area contributed by atoms with Gasteiger partial charge in [0.15, 0.2) is 11.5 Å². The lowest BCUT2D eigenvalue weighted by Crippen LogP contribution is -2.47. The fourth-order valence-corrected chi connectivity index (χ4v) is 6.10. The summed E-state index contributed by atoms with van der Waals surface area (Å²) in [6.45, 7) is 6.36. The van der Waals surface area contributed by atoms with Gasteiger partial charge in [-0.25, -0.2) is 0 Å². The first-order chi connectivity index (χ1) is 20.0. The van der Waals surface area contributed by atoms with Crippen molar-refractivity contribution in [3.8, 4) is 11.5 Å². The van der Waals surface area contributed by atoms with Crippen LogP contribution in [0.5, 0.6) is 11.5 Å². The Balaban J connectivity index is 1.40. The lowest BCUT2D eigenvalue weighted by atomic mass is 9.99. The zero-order chi connectivity index (χ0) is 28.9. The predicted molar refractivity (Wildman–Crippen MR) is 161 cm³/mol. The fourth-order valence-electron chi connectivity index (χ4n) is 6.10. The number of rotatable bonds is 11. The molecule has 0 aromatic heterocycles. The summed E-state index contributed by atoms with van der Waals surface area (Å²) in [5.74, 6) is 0.705. The number of nitrogens with one attached hydrogen (secondary N) is 1. The van der Waals surface area contributed by atoms with E-state index in [0.29, 0.717) is 35.1 Å². The van der Waals surface area contributed by atoms with E-state index in [2.05, 4.69) is 46.3 Å². The monoisotopic (exact) mass is 556 g/mol. The van der Waals surface area contributed by atoms with Crippen molar-refractivity contribution < 1.29 is 19.1 Å². The lowest BCUT2D eigenvalue weighted by molar-refractivity contribution is 0.0572. The second kappa shape index (κ2) is 12.7. The van der Waals surface area contributed by atoms with Gasteiger partial charge in [-0.3, -0.25) is 19.4 Å². The van der Waals surface area contributed by atoms with Crippen LogP contribution < -0.4 is 19.7 Å². The maximum atomic E-state index is 14.1. The normalized spacial score (nSPS) is 17.0. The third kappa shape index (κ3) is 5.67. The Morgan fingerprint density at radius 3 is 2.24 bits per heavy atom. The molecule has 8 nitrogen and oxygen atoms in total. The number of anilines is 1. The summed E-state index contributed by atoms with van der Waals surface area (Å²) in [7, 11) is 5.09. The van der Waals surface area contributed by atoms with E-state index in [1.165, 1.54) is 10.5 Å². The molecule has 5 rings (SSSR count). The molecule has 3 aromatic rings. The number of amides is 2. The average Bonchev–Trinajstić information content (AvgIpc) is 3.28. The first kappa shape index (κ1) is 28.6. The van der Waals surface area contributed by atoms with Crippen LogP contribution >= 0.6 is 0 Å². The Kier molecular flexibility index (Phi) is 8.90. The molecular weight excluding hydrogens is 516 g/mol. The standard InChI is InChI=1S/C33H40N4O4/c1-23(24-10-6-5-7-11-24)35-18-20-36(21-19-35)28-13-8-12-26-31(28)33(39)37(32(26)38)27(14-9-17-34-2)25-15-16-29(40-3)30(22-25)41-4/h5-8,10-13,15-16,22-23,27,34H,9,14,17-21H2,1-4H3/t23-,27-/m1/s1. The second-order valence-electron chi connectivity index (χ2n) is 10.7. The molecule has 1 saturated heterocycles. The number of hydrogen-bond acceptors (Lipinski definition) is 7. The molecule has 41 heavy (non-hydrogen) atoms. The number of nitrogens with zero attached hydrogens (tertiary/aromatic N) is 3. The van der Waals surface area contributed by atoms with Gasteiger partial charge >= 0.3 is 0 Å². The molecule has 0 unspecified atom stereocenters. The lowest BCUT2D eigenvalue weighted by Gasteiger charge is -2.39. The van der Waals surface area contributed by atoms with Crippen LogP contribution in [0.15, 0.2) is 66.7 Å². The zero-order valence-electron chi connectivity index (χ0n) is 24.4. The summed E-state index contributed by atoms with van der Waals surface area (Å²) < 4.78 is 11.0. The number of benzene rings is 3. The minimum atomic E-state index is -0.424. The van der Waals surface area contributed by atoms with Gasteiger partial charge in [-0.15, -0.1) is 0 Å². The topological polar surface area (TPSA) is 74.3 Å². The molecule has 8 heteroatoms. The van der Waals surface area contributed by atoms with Crippen molar-refractivity contribution in [1.82, 2.24) is 15.1 Å². The number of piperazine rings is 1. The van der Waals surface area contributed by atoms with Crippen molar-refractivity contribution in [2.75, 3.05) is 58.9 Å². The van der Waals surface area contributed by atoms with Crippen LogP contribution in [-0.2, 0) is 0 Å². The van der Waals surface area contributed by atoms with Crippen LogP contribution in [0, 0.1) is 0 Å². The van der Waals surface area contributed by atoms with Crippen molar-refractivity contribution in [3.63, 3.8) is 0 Å². The van der Waals surface area contributed by atoms with E-state index in [1.54, 1.807) is 20.3 Å². The number of carbonyl (C=O) groups excluding carboxylic acids is 2. The van der Waals surface area contributed by atoms with Crippen LogP contribution in [0.1, 0.15) is 63.7 Å². The van der Waals surface area contributed by atoms with Gasteiger partial charge < -0.3 is 19.7 Å². The molecule has 1 N–H and O–H groups in total. The molecule has 0 bridgehead atoms. The third-order valence-corrected chi connectivity index (χ3v) is 8.42. The summed E-state index contributed by atoms with van der Waals surface area (Å²) in [6.07, 6.45) is 1.44. The van der Waals surface area contributed by atoms with Gasteiger partial charge in [0.25, 0.3) is 11.8 Å². The van der Waals surface area contributed by atoms with Crippen molar-refractivity contribution in [2.45, 2.75) is 31.8 Å². The molecule has 2 aliphatic rings. The molecule has 2 amide bonds. The Labute approximate surface area is 242 Å². The summed E-state index contributed by atoms with van der Waals surface area (Å²) in [4.78, 5) is 34.2. The minimum Gasteiger partial charge on any atom is -0.493 e. The predicted octanol–water partition coefficient (Wildman–Crippen LogP) is 4.92. The number of ether oxygens (including phenoxy) is 2. The molecule has 0 aliphatic carbocycles. The van der Waals surface area contributed by atoms with Crippen molar-refractivity contribution >= 4 is 17.5 Å². The maximum Gasteiger partial charge on any atom is 0.264 e. The number of fused-ring (bicyclic) bond motifs is 1. The molecule has 0 spiro atoms. The van der Waals surface area contributed by atoms with Crippen LogP contribution in [-0.4, -0.2) is 75.6 Å². The third-order valence-electron chi connectivity index (χ3n) is 8.42. The summed E-state index contributed by atoms with van der Waals surface area (Å²) in [5.41, 5.74) is 3.99. The number of carbonyl (C=O) groups is 2. The van der Waals surface area contributed by atoms with Gasteiger partial charge in [-0.05, 0) is 68.8 Å². The van der Waals surface area contributed by atoms with Crippen LogP contribution in [0.3, 0.4) is 0 Å². The van der Waals surface area contributed by atoms with Gasteiger partial charge in [-0.2, -0.15) is 0 Å². The van der Waals surface area contributed by atoms with Gasteiger partial charge in [0, 0.05) is 32.2 Å². The van der Waals surface area contributed by atoms with Gasteiger partial charge in [0.05, 0.1) is 37.1 Å². The molecule has 2 atom stereocenters. The quantitative estimate of drug-likeness (QED) is 0.265. The van der Waals surface area contributed by atoms with Crippen molar-refractivity contribution in [3.05, 3.63) is 89.0 Å². The first-order valence-corrected chi connectivity index (χ1v) is 14.4. The van der Waals surface area contributed by atoms with Gasteiger partial charge in [0.2, 0.25) is 0 Å². The SMILES string of the molecule is CNCCC[C@H](c1ccc(OC)c(OC)c1)N1C(=O)c2cccc(N3CCN([C@H](C)c4ccccc4)CC3)c2C1=O. The highest BCUT2D eigenvalue weighted by atomic mass is 16.5. The largest absolute Gasteiger partial charge is 0.493 e. The molecule has 3 aromatic carbocycles. The highest BCUT2D eigenvalue weighted by Gasteiger charge is 2.43. The fraction of sp³-hybridized carbons (Fsp3) is 0.394. The van der Waals surface area contributed by atoms with E-state index in [1.807, 2.05) is 43.4 Å². The van der Waals surface area contributed by atoms with Crippen LogP contribution in [0.25, 0.3) is 0 Å². The summed E-state index contributed by atoms with van der Waals surface area (Å²) >= 11 is 0. The zero-order valence-corrected chi connectivity index (χ0v) is 24.4. The first-order valence-electron chi connectivity index (χ1n) is 14.4. The number of hydrogen-bond donors (Lipinski definition) is 1. The Hall–Kier alpha value is -3.88. The van der Waals surface area contributed by atoms with E-state index in [-0.39, 0.29) is 11.8 Å². The van der Waals surface area contributed by atoms with Crippen molar-refractivity contribution in [1.29, 1.82) is 0 Å². The molecule has 2 heterocycles. The summed E-state index contributed by atoms with van der Waals surface area (Å²) in [5, 5.41) is 3.18. The molecule has 2 aliphatic heterocycles. The molecule has 0 radical (unpaired) electrons. The van der Waals surface area contributed by atoms with Crippen molar-refractivity contribution in [2.24, 2.45) is 0 Å². The smallest absolute Gasteiger partial charge is 0.264 e. The molecule has 216 valence electrons. The Bertz CT molecular complexity index is 1370. The second-order valence-corrected chi connectivity index (χ2v) is 10.7. The van der Waals surface area contributed by atoms with Crippen LogP contribution in [0.4, 0.5) is 5.69 Å². The highest BCUT2D eigenvalue weighted by molar-refractivity contribution is 6.24. The van der Waals surface area contributed by atoms with Crippen LogP contribution in [0.2, 0.25) is 0 Å². The molecule has 1 fully saturated rings. The Morgan fingerprint density at radius 2 is 1.56 bits per heavy atom. The number of methoxy groups -OCH3 is 2. The summed E-state index contributed by atoms with van der Waals surface area (Å²) in [6, 6.07) is 21.7. The molecule has 0 saturated carbocycles. The Morgan fingerprint density at radius 1 is 0.829 bits per heavy atom. The van der Waals surface area contributed by atoms with E-state index in [9.17, 15) is 9.59 Å². The number of imide groups is 1. The van der Waals surface area contributed by atoms with E-state index >= 15 is 0 Å². The van der Waals surface area contributed by atoms with E-state index in [0.717, 1.165) is 50.4 Å². The van der Waals surface area contributed by atoms with E-state index < -0.39 is 6.04 Å². The highest BCUT2D eigenvalue weighted by Crippen LogP contribution is 2.40. The van der Waals surface area contributed by atoms with E-state index in [4.69, 9.17) is 9.47 Å². The molecular formula is C33H40N4O4. The van der Waals surface area contributed by atoms with Gasteiger partial charge in [0.1, 0.15) is 0 Å². The average molecular weight is 557 g/mol. The van der Waals surface area contributed by atoms with Gasteiger partial charge in [-0.1, -0.05) is 42.5 Å². The maximum absolute atomic E-state index is 14.1. The minimum absolute atomic E-state index is 0.232.